The second-order valence-corrected chi connectivity index (χ2v) is 6.43. The van der Waals surface area contributed by atoms with Gasteiger partial charge in [-0.1, -0.05) is 30.3 Å². The minimum absolute atomic E-state index is 0.157. The molecule has 126 valence electrons. The fraction of sp³-hybridized carbons (Fsp3) is 0.588. The zero-order chi connectivity index (χ0) is 16.4. The number of carbonyl (C=O) groups is 1. The second kappa shape index (κ2) is 6.47. The monoisotopic (exact) mass is 321 g/mol. The van der Waals surface area contributed by atoms with Crippen LogP contribution in [0, 0.1) is 0 Å². The van der Waals surface area contributed by atoms with E-state index in [-0.39, 0.29) is 24.9 Å². The Hall–Kier alpha value is -1.63. The summed E-state index contributed by atoms with van der Waals surface area (Å²) in [6.45, 7) is 6.26. The number of hydrogen-bond donors (Lipinski definition) is 0. The fourth-order valence-electron chi connectivity index (χ4n) is 2.94. The molecule has 2 saturated heterocycles. The topological polar surface area (TPSA) is 57.2 Å². The van der Waals surface area contributed by atoms with Crippen LogP contribution in [0.25, 0.3) is 0 Å². The van der Waals surface area contributed by atoms with Gasteiger partial charge >= 0.3 is 6.09 Å². The first-order chi connectivity index (χ1) is 10.9. The van der Waals surface area contributed by atoms with Crippen LogP contribution < -0.4 is 0 Å². The quantitative estimate of drug-likeness (QED) is 0.838. The van der Waals surface area contributed by atoms with Gasteiger partial charge in [-0.05, 0) is 26.3 Å². The number of fused-ring (bicyclic) bond motifs is 2. The predicted molar refractivity (Wildman–Crippen MR) is 82.3 cm³/mol. The Kier molecular flexibility index (Phi) is 4.57. The molecule has 2 bridgehead atoms. The first-order valence-corrected chi connectivity index (χ1v) is 7.93. The van der Waals surface area contributed by atoms with Crippen LogP contribution in [0.4, 0.5) is 4.79 Å². The Morgan fingerprint density at radius 1 is 1.35 bits per heavy atom. The largest absolute Gasteiger partial charge is 0.443 e. The molecule has 1 amide bonds. The molecule has 3 atom stereocenters. The maximum absolute atomic E-state index is 12.4. The third-order valence-electron chi connectivity index (χ3n) is 4.08. The highest BCUT2D eigenvalue weighted by atomic mass is 16.8. The molecule has 2 fully saturated rings. The van der Waals surface area contributed by atoms with Crippen molar-refractivity contribution in [3.8, 4) is 0 Å². The molecule has 0 unspecified atom stereocenters. The van der Waals surface area contributed by atoms with Gasteiger partial charge in [-0.2, -0.15) is 5.06 Å². The predicted octanol–water partition coefficient (Wildman–Crippen LogP) is 2.87. The van der Waals surface area contributed by atoms with Gasteiger partial charge < -0.3 is 14.2 Å². The van der Waals surface area contributed by atoms with Gasteiger partial charge in [0.1, 0.15) is 12.7 Å². The number of nitrogens with zero attached hydrogens (tertiary/aromatic N) is 1. The highest BCUT2D eigenvalue weighted by molar-refractivity contribution is 5.67. The summed E-state index contributed by atoms with van der Waals surface area (Å²) < 4.78 is 17.0. The van der Waals surface area contributed by atoms with Gasteiger partial charge in [-0.15, -0.1) is 0 Å². The SMILES string of the molecule is C[C@H]1OC(C)(C)OC[C@@H]2C[C@H]1N(C(=O)OCc1ccccc1)O2. The van der Waals surface area contributed by atoms with Crippen LogP contribution >= 0.6 is 0 Å². The minimum Gasteiger partial charge on any atom is -0.443 e. The van der Waals surface area contributed by atoms with Gasteiger partial charge in [-0.25, -0.2) is 4.79 Å². The zero-order valence-corrected chi connectivity index (χ0v) is 13.7. The number of hydrogen-bond acceptors (Lipinski definition) is 5. The summed E-state index contributed by atoms with van der Waals surface area (Å²) in [4.78, 5) is 18.1. The first kappa shape index (κ1) is 16.2. The van der Waals surface area contributed by atoms with Crippen molar-refractivity contribution in [3.63, 3.8) is 0 Å². The summed E-state index contributed by atoms with van der Waals surface area (Å²) >= 11 is 0. The van der Waals surface area contributed by atoms with Gasteiger partial charge in [0, 0.05) is 6.42 Å². The normalized spacial score (nSPS) is 29.7. The van der Waals surface area contributed by atoms with Crippen molar-refractivity contribution in [2.24, 2.45) is 0 Å². The van der Waals surface area contributed by atoms with Crippen LogP contribution in [0.2, 0.25) is 0 Å². The maximum Gasteiger partial charge on any atom is 0.434 e. The number of ether oxygens (including phenoxy) is 3. The van der Waals surface area contributed by atoms with Crippen LogP contribution in [0.3, 0.4) is 0 Å². The van der Waals surface area contributed by atoms with Gasteiger partial charge in [0.05, 0.1) is 18.8 Å². The molecule has 1 aromatic rings. The minimum atomic E-state index is -0.691. The molecule has 3 rings (SSSR count). The molecular weight excluding hydrogens is 298 g/mol. The lowest BCUT2D eigenvalue weighted by Gasteiger charge is -2.34. The number of hydroxylamine groups is 2. The molecule has 2 aliphatic heterocycles. The van der Waals surface area contributed by atoms with E-state index >= 15 is 0 Å². The van der Waals surface area contributed by atoms with E-state index in [4.69, 9.17) is 19.0 Å². The molecule has 0 radical (unpaired) electrons. The molecule has 2 heterocycles. The van der Waals surface area contributed by atoms with Crippen LogP contribution in [0.15, 0.2) is 30.3 Å². The number of carbonyl (C=O) groups excluding carboxylic acids is 1. The smallest absolute Gasteiger partial charge is 0.434 e. The molecule has 0 aliphatic carbocycles. The van der Waals surface area contributed by atoms with Crippen molar-refractivity contribution in [2.45, 2.75) is 57.8 Å². The van der Waals surface area contributed by atoms with E-state index < -0.39 is 11.9 Å². The van der Waals surface area contributed by atoms with Crippen LogP contribution in [-0.4, -0.2) is 41.8 Å². The van der Waals surface area contributed by atoms with Crippen molar-refractivity contribution in [1.29, 1.82) is 0 Å². The number of amides is 1. The molecule has 0 aromatic heterocycles. The molecule has 6 nitrogen and oxygen atoms in total. The summed E-state index contributed by atoms with van der Waals surface area (Å²) in [6, 6.07) is 9.39. The van der Waals surface area contributed by atoms with E-state index in [1.807, 2.05) is 51.1 Å². The summed E-state index contributed by atoms with van der Waals surface area (Å²) in [5.41, 5.74) is 0.936. The van der Waals surface area contributed by atoms with Crippen LogP contribution in [0.1, 0.15) is 32.8 Å². The fourth-order valence-corrected chi connectivity index (χ4v) is 2.94. The third kappa shape index (κ3) is 3.83. The molecule has 6 heteroatoms. The zero-order valence-electron chi connectivity index (χ0n) is 13.7. The summed E-state index contributed by atoms with van der Waals surface area (Å²) in [5.74, 6) is -0.691. The standard InChI is InChI=1S/C17H23NO5/c1-12-15-9-14(11-21-17(2,3)22-12)23-18(15)16(19)20-10-13-7-5-4-6-8-13/h4-8,12,14-15H,9-11H2,1-3H3/t12-,14+,15-/m1/s1. The van der Waals surface area contributed by atoms with Crippen molar-refractivity contribution in [1.82, 2.24) is 5.06 Å². The van der Waals surface area contributed by atoms with Gasteiger partial charge in [0.2, 0.25) is 0 Å². The number of rotatable bonds is 2. The second-order valence-electron chi connectivity index (χ2n) is 6.43. The lowest BCUT2D eigenvalue weighted by atomic mass is 10.1. The van der Waals surface area contributed by atoms with E-state index in [1.54, 1.807) is 0 Å². The van der Waals surface area contributed by atoms with Crippen molar-refractivity contribution in [2.75, 3.05) is 6.61 Å². The Morgan fingerprint density at radius 3 is 2.83 bits per heavy atom. The van der Waals surface area contributed by atoms with Gasteiger partial charge in [-0.3, -0.25) is 4.84 Å². The summed E-state index contributed by atoms with van der Waals surface area (Å²) in [5, 5.41) is 1.31. The van der Waals surface area contributed by atoms with Crippen molar-refractivity contribution in [3.05, 3.63) is 35.9 Å². The van der Waals surface area contributed by atoms with E-state index in [9.17, 15) is 4.79 Å². The third-order valence-corrected chi connectivity index (χ3v) is 4.08. The maximum atomic E-state index is 12.4. The highest BCUT2D eigenvalue weighted by Crippen LogP contribution is 2.32. The summed E-state index contributed by atoms with van der Waals surface area (Å²) in [6.07, 6.45) is -0.177. The van der Waals surface area contributed by atoms with Crippen LogP contribution in [-0.2, 0) is 25.7 Å². The van der Waals surface area contributed by atoms with E-state index in [2.05, 4.69) is 0 Å². The molecule has 2 aliphatic rings. The van der Waals surface area contributed by atoms with E-state index in [1.165, 1.54) is 5.06 Å². The molecule has 0 N–H and O–H groups in total. The average molecular weight is 321 g/mol. The average Bonchev–Trinajstić information content (AvgIpc) is 2.96. The van der Waals surface area contributed by atoms with Gasteiger partial charge in [0.25, 0.3) is 0 Å². The highest BCUT2D eigenvalue weighted by Gasteiger charge is 2.45. The molecular formula is C17H23NO5. The Labute approximate surface area is 136 Å². The van der Waals surface area contributed by atoms with Crippen molar-refractivity contribution < 1.29 is 23.8 Å². The van der Waals surface area contributed by atoms with Crippen molar-refractivity contribution >= 4 is 6.09 Å². The molecule has 1 aromatic carbocycles. The Bertz CT molecular complexity index is 547. The Morgan fingerprint density at radius 2 is 2.09 bits per heavy atom. The number of benzene rings is 1. The van der Waals surface area contributed by atoms with E-state index in [0.717, 1.165) is 5.56 Å². The summed E-state index contributed by atoms with van der Waals surface area (Å²) in [7, 11) is 0. The Balaban J connectivity index is 1.64. The van der Waals surface area contributed by atoms with Crippen LogP contribution in [0.5, 0.6) is 0 Å². The lowest BCUT2D eigenvalue weighted by Crippen LogP contribution is -2.46. The molecule has 0 saturated carbocycles. The lowest BCUT2D eigenvalue weighted by molar-refractivity contribution is -0.246. The van der Waals surface area contributed by atoms with Gasteiger partial charge in [0.15, 0.2) is 5.79 Å². The molecule has 23 heavy (non-hydrogen) atoms. The molecule has 0 spiro atoms. The van der Waals surface area contributed by atoms with E-state index in [0.29, 0.717) is 13.0 Å². The first-order valence-electron chi connectivity index (χ1n) is 7.93.